The Hall–Kier alpha value is -7.58. The fourth-order valence-electron chi connectivity index (χ4n) is 7.07. The van der Waals surface area contributed by atoms with Gasteiger partial charge in [-0.2, -0.15) is 5.26 Å². The Morgan fingerprint density at radius 2 is 1.38 bits per heavy atom. The molecule has 0 saturated carbocycles. The molecule has 0 atom stereocenters. The molecule has 0 saturated heterocycles. The largest absolute Gasteiger partial charge is 0.491 e. The number of nitriles is 1. The highest BCUT2D eigenvalue weighted by Crippen LogP contribution is 2.43. The quantitative estimate of drug-likeness (QED) is 0.0873. The summed E-state index contributed by atoms with van der Waals surface area (Å²) in [4.78, 5) is 16.1. The molecule has 4 heterocycles. The van der Waals surface area contributed by atoms with E-state index in [0.717, 1.165) is 46.6 Å². The van der Waals surface area contributed by atoms with Crippen LogP contribution in [0.4, 0.5) is 11.9 Å². The average Bonchev–Trinajstić information content (AvgIpc) is 3.75. The molecule has 20 heteroatoms. The van der Waals surface area contributed by atoms with Crippen molar-refractivity contribution in [2.24, 2.45) is 0 Å². The molecule has 356 valence electrons. The highest BCUT2D eigenvalue weighted by Gasteiger charge is 2.27. The number of rotatable bonds is 16. The van der Waals surface area contributed by atoms with Crippen LogP contribution in [0.25, 0.3) is 16.6 Å². The molecule has 69 heavy (non-hydrogen) atoms. The summed E-state index contributed by atoms with van der Waals surface area (Å²) in [6, 6.07) is 28.3. The van der Waals surface area contributed by atoms with Crippen LogP contribution in [0.1, 0.15) is 60.8 Å². The van der Waals surface area contributed by atoms with Gasteiger partial charge in [-0.1, -0.05) is 50.4 Å². The van der Waals surface area contributed by atoms with Gasteiger partial charge in [0.25, 0.3) is 0 Å². The van der Waals surface area contributed by atoms with Crippen LogP contribution in [0.5, 0.6) is 28.7 Å². The zero-order valence-electron chi connectivity index (χ0n) is 38.2. The first-order chi connectivity index (χ1) is 32.9. The predicted octanol–water partition coefficient (Wildman–Crippen LogP) is 8.19. The second-order valence-corrected chi connectivity index (χ2v) is 20.0. The maximum Gasteiger partial charge on any atom is 0.236 e. The van der Waals surface area contributed by atoms with Crippen molar-refractivity contribution in [2.45, 2.75) is 45.8 Å². The first-order valence-corrected chi connectivity index (χ1v) is 25.4. The van der Waals surface area contributed by atoms with Gasteiger partial charge in [-0.3, -0.25) is 9.44 Å². The molecule has 0 unspecified atom stereocenters. The Labute approximate surface area is 405 Å². The molecule has 0 fully saturated rings. The number of hydrogen-bond acceptors (Lipinski definition) is 14. The van der Waals surface area contributed by atoms with Crippen LogP contribution in [0.3, 0.4) is 0 Å². The number of aromatic nitrogens is 5. The van der Waals surface area contributed by atoms with E-state index in [9.17, 15) is 22.1 Å². The first-order valence-electron chi connectivity index (χ1n) is 21.3. The smallest absolute Gasteiger partial charge is 0.236 e. The van der Waals surface area contributed by atoms with E-state index in [1.165, 1.54) is 12.4 Å². The fourth-order valence-corrected chi connectivity index (χ4v) is 8.19. The van der Waals surface area contributed by atoms with Crippen LogP contribution < -0.4 is 33.1 Å². The molecule has 1 aliphatic heterocycles. The Kier molecular flexibility index (Phi) is 15.1. The molecule has 0 radical (unpaired) electrons. The molecule has 4 aromatic carbocycles. The van der Waals surface area contributed by atoms with Gasteiger partial charge in [0.05, 0.1) is 46.6 Å². The topological polar surface area (TPSA) is 219 Å². The Morgan fingerprint density at radius 3 is 1.93 bits per heavy atom. The van der Waals surface area contributed by atoms with Crippen molar-refractivity contribution in [3.63, 3.8) is 0 Å². The monoisotopic (exact) mass is 990 g/mol. The van der Waals surface area contributed by atoms with Gasteiger partial charge < -0.3 is 28.3 Å². The maximum atomic E-state index is 11.4. The lowest BCUT2D eigenvalue weighted by Gasteiger charge is -2.29. The summed E-state index contributed by atoms with van der Waals surface area (Å²) in [6.07, 6.45) is 13.4. The second-order valence-electron chi connectivity index (χ2n) is 16.0. The predicted molar refractivity (Wildman–Crippen MR) is 262 cm³/mol. The number of fused-ring (bicyclic) bond motifs is 2. The van der Waals surface area contributed by atoms with E-state index in [0.29, 0.717) is 76.1 Å². The van der Waals surface area contributed by atoms with Gasteiger partial charge in [0.2, 0.25) is 31.9 Å². The lowest BCUT2D eigenvalue weighted by molar-refractivity contribution is 0.171. The number of sulfonamides is 2. The molecule has 0 bridgehead atoms. The molecule has 7 aromatic rings. The molecular formula is C49H47ClN8O9S2. The lowest BCUT2D eigenvalue weighted by atomic mass is 9.78. The van der Waals surface area contributed by atoms with E-state index in [1.54, 1.807) is 12.1 Å². The van der Waals surface area contributed by atoms with Gasteiger partial charge in [0, 0.05) is 35.1 Å². The van der Waals surface area contributed by atoms with E-state index >= 15 is 0 Å². The molecule has 1 aliphatic rings. The maximum absolute atomic E-state index is 11.4. The minimum Gasteiger partial charge on any atom is -0.491 e. The number of nitrogens with zero attached hydrogens (tertiary/aromatic N) is 6. The minimum absolute atomic E-state index is 0.00814. The lowest BCUT2D eigenvalue weighted by Crippen LogP contribution is -2.21. The normalized spacial score (nSPS) is 12.2. The van der Waals surface area contributed by atoms with Crippen LogP contribution in [-0.4, -0.2) is 73.7 Å². The third-order valence-corrected chi connectivity index (χ3v) is 11.8. The Balaban J connectivity index is 0.000000205. The third kappa shape index (κ3) is 12.5. The summed E-state index contributed by atoms with van der Waals surface area (Å²) >= 11 is 6.44. The minimum atomic E-state index is -3.47. The number of terminal acetylenes is 1. The number of hydrogen-bond donors (Lipinski definition) is 2. The Morgan fingerprint density at radius 1 is 0.797 bits per heavy atom. The average molecular weight is 992 g/mol. The summed E-state index contributed by atoms with van der Waals surface area (Å²) < 4.78 is 80.7. The molecule has 0 amide bonds. The van der Waals surface area contributed by atoms with Gasteiger partial charge in [-0.25, -0.2) is 36.8 Å². The number of anilines is 2. The van der Waals surface area contributed by atoms with Crippen molar-refractivity contribution >= 4 is 54.4 Å². The van der Waals surface area contributed by atoms with Gasteiger partial charge in [0.15, 0.2) is 17.2 Å². The van der Waals surface area contributed by atoms with Crippen LogP contribution in [-0.2, 0) is 38.7 Å². The zero-order valence-corrected chi connectivity index (χ0v) is 40.6. The third-order valence-electron chi connectivity index (χ3n) is 10.4. The van der Waals surface area contributed by atoms with Crippen LogP contribution in [0.15, 0.2) is 104 Å². The van der Waals surface area contributed by atoms with Gasteiger partial charge in [0.1, 0.15) is 49.6 Å². The van der Waals surface area contributed by atoms with Crippen molar-refractivity contribution < 1.29 is 40.5 Å². The molecule has 3 aromatic heterocycles. The Bertz CT molecular complexity index is 3300. The summed E-state index contributed by atoms with van der Waals surface area (Å²) in [5.74, 6) is 5.58. The summed E-state index contributed by atoms with van der Waals surface area (Å²) in [5.41, 5.74) is 5.41. The molecule has 8 rings (SSSR count). The standard InChI is InChI=1S/C26H23N5O4S.C23H24ClN3O5S/c1-4-14-34-25-18(5-2)15-24-22(23(25)16-27)11-13-31(24)20-6-8-21(9-7-20)35-17-19-10-12-28-26(29-19)30-36(3,32)33;1-23(2,16-12-19(24)21-20(13-16)30-10-11-31-21)15-4-6-18(7-5-15)32-14-17-8-9-25-22(26-17)27-33(3,28)29/h2,6-13,15H,4,14,17H2,1,3H3,(H,28,29,30);4-9,12-13H,10-11,14H2,1-3H3,(H,25,26,27). The summed E-state index contributed by atoms with van der Waals surface area (Å²) in [6.45, 7) is 7.97. The van der Waals surface area contributed by atoms with E-state index in [1.807, 2.05) is 90.5 Å². The SMILES string of the molecule is C#Cc1cc2c(ccn2-c2ccc(OCc3ccnc(NS(C)(=O)=O)n3)cc2)c(C#N)c1OCCC.CC(C)(c1ccc(OCc2ccnc(NS(C)(=O)=O)n2)cc1)c1cc(Cl)c2c(c1)OCCO2. The molecule has 17 nitrogen and oxygen atoms in total. The molecule has 2 N–H and O–H groups in total. The van der Waals surface area contributed by atoms with Crippen molar-refractivity contribution in [3.05, 3.63) is 142 Å². The van der Waals surface area contributed by atoms with E-state index in [2.05, 4.69) is 55.2 Å². The van der Waals surface area contributed by atoms with Gasteiger partial charge in [-0.15, -0.1) is 6.42 Å². The molecular weight excluding hydrogens is 944 g/mol. The van der Waals surface area contributed by atoms with Crippen molar-refractivity contribution in [2.75, 3.05) is 41.8 Å². The van der Waals surface area contributed by atoms with Gasteiger partial charge >= 0.3 is 0 Å². The van der Waals surface area contributed by atoms with Crippen molar-refractivity contribution in [1.82, 2.24) is 24.5 Å². The zero-order chi connectivity index (χ0) is 49.3. The first kappa shape index (κ1) is 49.3. The van der Waals surface area contributed by atoms with Crippen LogP contribution in [0.2, 0.25) is 5.02 Å². The molecule has 0 spiro atoms. The highest BCUT2D eigenvalue weighted by molar-refractivity contribution is 7.92. The van der Waals surface area contributed by atoms with E-state index < -0.39 is 20.0 Å². The molecule has 0 aliphatic carbocycles. The highest BCUT2D eigenvalue weighted by atomic mass is 35.5. The van der Waals surface area contributed by atoms with Crippen LogP contribution >= 0.6 is 11.6 Å². The number of ether oxygens (including phenoxy) is 5. The van der Waals surface area contributed by atoms with Crippen molar-refractivity contribution in [3.8, 4) is 52.8 Å². The second kappa shape index (κ2) is 21.2. The van der Waals surface area contributed by atoms with Crippen LogP contribution in [0, 0.1) is 23.7 Å². The van der Waals surface area contributed by atoms with Crippen molar-refractivity contribution in [1.29, 1.82) is 5.26 Å². The number of nitrogens with one attached hydrogen (secondary N) is 2. The van der Waals surface area contributed by atoms with E-state index in [4.69, 9.17) is 41.7 Å². The summed E-state index contributed by atoms with van der Waals surface area (Å²) in [7, 11) is -6.92. The van der Waals surface area contributed by atoms with Gasteiger partial charge in [-0.05, 0) is 90.3 Å². The fraction of sp³-hybridized carbons (Fsp3) is 0.245. The number of halogens is 1. The summed E-state index contributed by atoms with van der Waals surface area (Å²) in [5, 5.41) is 11.1. The number of benzene rings is 4. The van der Waals surface area contributed by atoms with E-state index in [-0.39, 0.29) is 30.5 Å².